The number of fused-ring (bicyclic) bond motifs is 2. The summed E-state index contributed by atoms with van der Waals surface area (Å²) >= 11 is 0. The molecule has 1 atom stereocenters. The highest BCUT2D eigenvalue weighted by molar-refractivity contribution is 5.88. The highest BCUT2D eigenvalue weighted by Crippen LogP contribution is 2.34. The van der Waals surface area contributed by atoms with Gasteiger partial charge < -0.3 is 23.7 Å². The van der Waals surface area contributed by atoms with Crippen molar-refractivity contribution < 1.29 is 28.5 Å². The van der Waals surface area contributed by atoms with Gasteiger partial charge >= 0.3 is 5.97 Å². The number of carbonyl (C=O) groups is 1. The van der Waals surface area contributed by atoms with Gasteiger partial charge in [-0.05, 0) is 12.1 Å². The summed E-state index contributed by atoms with van der Waals surface area (Å²) in [7, 11) is 1.34. The number of aliphatic imine (C=N–C) groups is 2. The number of methoxy groups -OCH3 is 1. The van der Waals surface area contributed by atoms with Gasteiger partial charge in [0.1, 0.15) is 11.5 Å². The third-order valence-corrected chi connectivity index (χ3v) is 5.48. The molecule has 0 saturated heterocycles. The van der Waals surface area contributed by atoms with Crippen molar-refractivity contribution in [2.75, 3.05) is 13.7 Å². The lowest BCUT2D eigenvalue weighted by molar-refractivity contribution is -0.180. The van der Waals surface area contributed by atoms with E-state index >= 15 is 0 Å². The molecule has 0 radical (unpaired) electrons. The van der Waals surface area contributed by atoms with Crippen LogP contribution in [0.15, 0.2) is 46.4 Å². The van der Waals surface area contributed by atoms with Crippen molar-refractivity contribution in [2.45, 2.75) is 58.5 Å². The Morgan fingerprint density at radius 2 is 1.47 bits per heavy atom. The summed E-state index contributed by atoms with van der Waals surface area (Å²) in [5.74, 6) is -0.485. The molecule has 8 heteroatoms. The summed E-state index contributed by atoms with van der Waals surface area (Å²) in [5, 5.41) is 0. The number of para-hydroxylation sites is 2. The maximum Gasteiger partial charge on any atom is 0.332 e. The number of hydrogen-bond donors (Lipinski definition) is 0. The van der Waals surface area contributed by atoms with Crippen molar-refractivity contribution in [3.8, 4) is 11.5 Å². The number of benzene rings is 2. The first-order valence-corrected chi connectivity index (χ1v) is 11.2. The lowest BCUT2D eigenvalue weighted by Crippen LogP contribution is -2.35. The van der Waals surface area contributed by atoms with Crippen molar-refractivity contribution in [3.05, 3.63) is 58.7 Å². The Labute approximate surface area is 199 Å². The molecule has 2 aromatic rings. The van der Waals surface area contributed by atoms with E-state index in [2.05, 4.69) is 9.98 Å². The molecule has 2 heterocycles. The van der Waals surface area contributed by atoms with Crippen LogP contribution >= 0.6 is 0 Å². The summed E-state index contributed by atoms with van der Waals surface area (Å²) in [6, 6.07) is 10.7. The molecule has 8 nitrogen and oxygen atoms in total. The van der Waals surface area contributed by atoms with Crippen LogP contribution in [0.4, 0.5) is 0 Å². The average molecular weight is 467 g/mol. The number of nitrogens with zero attached hydrogens (tertiary/aromatic N) is 2. The summed E-state index contributed by atoms with van der Waals surface area (Å²) in [6.45, 7) is 8.47. The van der Waals surface area contributed by atoms with Gasteiger partial charge in [0.15, 0.2) is 6.04 Å². The van der Waals surface area contributed by atoms with Gasteiger partial charge in [-0.25, -0.2) is 4.79 Å². The predicted molar refractivity (Wildman–Crippen MR) is 128 cm³/mol. The Hall–Kier alpha value is -3.23. The van der Waals surface area contributed by atoms with Gasteiger partial charge in [0, 0.05) is 62.4 Å². The Morgan fingerprint density at radius 1 is 0.941 bits per heavy atom. The third kappa shape index (κ3) is 5.46. The van der Waals surface area contributed by atoms with E-state index in [0.717, 1.165) is 28.0 Å². The molecule has 0 N–H and O–H groups in total. The fraction of sp³-hybridized carbons (Fsp3) is 0.423. The van der Waals surface area contributed by atoms with Crippen molar-refractivity contribution in [3.63, 3.8) is 0 Å². The molecule has 0 spiro atoms. The van der Waals surface area contributed by atoms with Crippen LogP contribution in [0.5, 0.6) is 11.5 Å². The average Bonchev–Trinajstić information content (AvgIpc) is 2.80. The molecule has 2 aromatic carbocycles. The Balaban J connectivity index is 1.53. The highest BCUT2D eigenvalue weighted by Gasteiger charge is 2.30. The zero-order valence-corrected chi connectivity index (χ0v) is 20.2. The van der Waals surface area contributed by atoms with E-state index in [0.29, 0.717) is 19.0 Å². The maximum atomic E-state index is 12.4. The second-order valence-electron chi connectivity index (χ2n) is 9.06. The van der Waals surface area contributed by atoms with Gasteiger partial charge in [-0.3, -0.25) is 9.98 Å². The van der Waals surface area contributed by atoms with Crippen molar-refractivity contribution >= 4 is 18.4 Å². The number of ether oxygens (including phenoxy) is 5. The van der Waals surface area contributed by atoms with E-state index in [1.54, 1.807) is 12.4 Å². The second kappa shape index (κ2) is 9.56. The lowest BCUT2D eigenvalue weighted by atomic mass is 10.1. The van der Waals surface area contributed by atoms with Crippen LogP contribution in [-0.4, -0.2) is 49.7 Å². The molecule has 2 aliphatic rings. The molecular formula is C26H30N2O6. The first-order valence-electron chi connectivity index (χ1n) is 11.2. The van der Waals surface area contributed by atoms with E-state index in [1.165, 1.54) is 7.11 Å². The zero-order valence-electron chi connectivity index (χ0n) is 20.2. The van der Waals surface area contributed by atoms with Crippen LogP contribution in [0.2, 0.25) is 0 Å². The summed E-state index contributed by atoms with van der Waals surface area (Å²) in [4.78, 5) is 21.3. The molecular weight excluding hydrogens is 436 g/mol. The van der Waals surface area contributed by atoms with E-state index in [1.807, 2.05) is 64.1 Å². The number of esters is 1. The fourth-order valence-corrected chi connectivity index (χ4v) is 3.68. The lowest BCUT2D eigenvalue weighted by Gasteiger charge is -2.33. The van der Waals surface area contributed by atoms with E-state index in [-0.39, 0.29) is 6.54 Å². The minimum Gasteiger partial charge on any atom is -0.467 e. The van der Waals surface area contributed by atoms with Gasteiger partial charge in [-0.2, -0.15) is 0 Å². The zero-order chi connectivity index (χ0) is 24.3. The standard InChI is InChI=1S/C26H30N2O6/c1-25(2)31-15-19-10-6-8-17(22(19)33-25)12-27-14-21(24(29)30-5)28-13-18-9-7-11-20-16-32-26(3,4)34-23(18)20/h6-13,21H,14-16H2,1-5H3/b27-12+,28-13+. The minimum atomic E-state index is -0.801. The number of rotatable bonds is 6. The van der Waals surface area contributed by atoms with Gasteiger partial charge in [0.2, 0.25) is 11.6 Å². The van der Waals surface area contributed by atoms with Crippen LogP contribution in [-0.2, 0) is 32.2 Å². The smallest absolute Gasteiger partial charge is 0.332 e. The van der Waals surface area contributed by atoms with Gasteiger partial charge in [0.05, 0.1) is 26.9 Å². The van der Waals surface area contributed by atoms with Gasteiger partial charge in [-0.15, -0.1) is 0 Å². The monoisotopic (exact) mass is 466 g/mol. The van der Waals surface area contributed by atoms with Crippen molar-refractivity contribution in [1.29, 1.82) is 0 Å². The summed E-state index contributed by atoms with van der Waals surface area (Å²) in [5.41, 5.74) is 3.46. The predicted octanol–water partition coefficient (Wildman–Crippen LogP) is 4.06. The Morgan fingerprint density at radius 3 is 2.00 bits per heavy atom. The number of hydrogen-bond acceptors (Lipinski definition) is 8. The molecule has 0 saturated carbocycles. The molecule has 34 heavy (non-hydrogen) atoms. The quantitative estimate of drug-likeness (QED) is 0.471. The third-order valence-electron chi connectivity index (χ3n) is 5.48. The van der Waals surface area contributed by atoms with E-state index in [4.69, 9.17) is 23.7 Å². The molecule has 180 valence electrons. The Kier molecular flexibility index (Phi) is 6.72. The molecule has 0 aliphatic carbocycles. The molecule has 4 rings (SSSR count). The molecule has 1 unspecified atom stereocenters. The first kappa shape index (κ1) is 23.9. The fourth-order valence-electron chi connectivity index (χ4n) is 3.68. The highest BCUT2D eigenvalue weighted by atomic mass is 16.7. The van der Waals surface area contributed by atoms with Crippen molar-refractivity contribution in [1.82, 2.24) is 0 Å². The second-order valence-corrected chi connectivity index (χ2v) is 9.06. The SMILES string of the molecule is COC(=O)C(C/N=C/c1cccc2c1OC(C)(C)OC2)/N=C/c1cccc2c1OC(C)(C)OC2. The number of carbonyl (C=O) groups excluding carboxylic acids is 1. The molecule has 0 amide bonds. The van der Waals surface area contributed by atoms with Crippen molar-refractivity contribution in [2.24, 2.45) is 9.98 Å². The molecule has 0 bridgehead atoms. The van der Waals surface area contributed by atoms with E-state index < -0.39 is 23.6 Å². The molecule has 0 fully saturated rings. The van der Waals surface area contributed by atoms with E-state index in [9.17, 15) is 4.79 Å². The largest absolute Gasteiger partial charge is 0.467 e. The minimum absolute atomic E-state index is 0.122. The maximum absolute atomic E-state index is 12.4. The normalized spacial score (nSPS) is 19.1. The van der Waals surface area contributed by atoms with Crippen LogP contribution < -0.4 is 9.47 Å². The molecule has 0 aromatic heterocycles. The van der Waals surface area contributed by atoms with Crippen LogP contribution in [0, 0.1) is 0 Å². The van der Waals surface area contributed by atoms with Crippen LogP contribution in [0.25, 0.3) is 0 Å². The Bertz CT molecular complexity index is 1120. The van der Waals surface area contributed by atoms with Crippen LogP contribution in [0.1, 0.15) is 49.9 Å². The van der Waals surface area contributed by atoms with Gasteiger partial charge in [0.25, 0.3) is 0 Å². The first-order chi connectivity index (χ1) is 16.2. The summed E-state index contributed by atoms with van der Waals surface area (Å²) in [6.07, 6.45) is 3.32. The topological polar surface area (TPSA) is 87.9 Å². The van der Waals surface area contributed by atoms with Gasteiger partial charge in [-0.1, -0.05) is 24.3 Å². The summed E-state index contributed by atoms with van der Waals surface area (Å²) < 4.78 is 28.3. The van der Waals surface area contributed by atoms with Crippen LogP contribution in [0.3, 0.4) is 0 Å². The molecule has 2 aliphatic heterocycles.